The van der Waals surface area contributed by atoms with Gasteiger partial charge in [0.2, 0.25) is 5.91 Å². The monoisotopic (exact) mass is 506 g/mol. The van der Waals surface area contributed by atoms with Crippen LogP contribution in [0.1, 0.15) is 46.0 Å². The average Bonchev–Trinajstić information content (AvgIpc) is 3.44. The number of nitrogens with one attached hydrogen (secondary N) is 1. The Morgan fingerprint density at radius 1 is 1.03 bits per heavy atom. The van der Waals surface area contributed by atoms with Crippen molar-refractivity contribution in [1.29, 1.82) is 0 Å². The summed E-state index contributed by atoms with van der Waals surface area (Å²) in [6.45, 7) is 4.32. The molecule has 2 amide bonds. The van der Waals surface area contributed by atoms with Gasteiger partial charge in [0, 0.05) is 19.5 Å². The van der Waals surface area contributed by atoms with Crippen LogP contribution in [0.25, 0.3) is 0 Å². The predicted molar refractivity (Wildman–Crippen MR) is 139 cm³/mol. The van der Waals surface area contributed by atoms with Crippen molar-refractivity contribution in [1.82, 2.24) is 10.2 Å². The first kappa shape index (κ1) is 25.7. The molecule has 9 atom stereocenters. The highest BCUT2D eigenvalue weighted by molar-refractivity contribution is 6.26. The number of aliphatic hydroxyl groups excluding tert-OH is 1. The molecular formula is C30H38N2O5. The average molecular weight is 507 g/mol. The molecule has 3 fully saturated rings. The summed E-state index contributed by atoms with van der Waals surface area (Å²) in [5.41, 5.74) is -0.138. The summed E-state index contributed by atoms with van der Waals surface area (Å²) in [5.74, 6) is 1.30. The number of hydrogen-bond acceptors (Lipinski definition) is 5. The number of ketones is 2. The third-order valence-corrected chi connectivity index (χ3v) is 9.76. The van der Waals surface area contributed by atoms with Gasteiger partial charge in [0.1, 0.15) is 17.1 Å². The number of nitrogens with zero attached hydrogens (tertiary/aromatic N) is 1. The Labute approximate surface area is 218 Å². The second-order valence-corrected chi connectivity index (χ2v) is 11.8. The number of aliphatic hydroxyl groups is 1. The number of rotatable bonds is 1. The summed E-state index contributed by atoms with van der Waals surface area (Å²) in [6, 6.07) is -0.624. The van der Waals surface area contributed by atoms with Crippen LogP contribution in [0.2, 0.25) is 0 Å². The van der Waals surface area contributed by atoms with Crippen molar-refractivity contribution < 1.29 is 24.3 Å². The number of Topliss-reactive ketones (excluding diaryl/α,β-unsaturated/α-hetero) is 2. The first-order valence-corrected chi connectivity index (χ1v) is 13.7. The molecule has 2 bridgehead atoms. The summed E-state index contributed by atoms with van der Waals surface area (Å²) in [4.78, 5) is 52.0. The SMILES string of the molecule is CC(=O)[C@H]1[C@@H]2C=C[C@@H]3[C@H]4C/C=C\C(=O)NCCC[C@H]5C(=O)/C(=C(O)\C=C/[C@@H]4C[C@@H]3[C@H]2C[C@H]1C)C(=O)N5C. The molecule has 2 heterocycles. The Morgan fingerprint density at radius 2 is 1.76 bits per heavy atom. The van der Waals surface area contributed by atoms with Gasteiger partial charge in [0.05, 0.1) is 6.04 Å². The van der Waals surface area contributed by atoms with E-state index in [0.717, 1.165) is 19.3 Å². The second-order valence-electron chi connectivity index (χ2n) is 11.8. The number of carbonyl (C=O) groups is 4. The normalized spacial score (nSPS) is 43.7. The Hall–Kier alpha value is -2.96. The lowest BCUT2D eigenvalue weighted by molar-refractivity contribution is -0.125. The van der Waals surface area contributed by atoms with E-state index >= 15 is 0 Å². The predicted octanol–water partition coefficient (Wildman–Crippen LogP) is 3.54. The first-order chi connectivity index (χ1) is 17.7. The highest BCUT2D eigenvalue weighted by atomic mass is 16.3. The van der Waals surface area contributed by atoms with E-state index in [4.69, 9.17) is 0 Å². The molecule has 0 spiro atoms. The quantitative estimate of drug-likeness (QED) is 0.418. The molecule has 198 valence electrons. The maximum absolute atomic E-state index is 13.0. The van der Waals surface area contributed by atoms with Crippen molar-refractivity contribution in [2.24, 2.45) is 47.3 Å². The van der Waals surface area contributed by atoms with Gasteiger partial charge >= 0.3 is 0 Å². The van der Waals surface area contributed by atoms with Crippen molar-refractivity contribution in [3.63, 3.8) is 0 Å². The van der Waals surface area contributed by atoms with Gasteiger partial charge < -0.3 is 15.3 Å². The van der Waals surface area contributed by atoms with E-state index in [1.165, 1.54) is 4.90 Å². The van der Waals surface area contributed by atoms with Gasteiger partial charge in [-0.15, -0.1) is 0 Å². The topological polar surface area (TPSA) is 104 Å². The molecule has 7 nitrogen and oxygen atoms in total. The van der Waals surface area contributed by atoms with Crippen molar-refractivity contribution in [3.8, 4) is 0 Å². The van der Waals surface area contributed by atoms with Gasteiger partial charge in [0.25, 0.3) is 5.91 Å². The number of fused-ring (bicyclic) bond motifs is 7. The first-order valence-electron chi connectivity index (χ1n) is 13.7. The Bertz CT molecular complexity index is 1120. The number of likely N-dealkylation sites (tertiary alicyclic amines) is 1. The minimum atomic E-state index is -0.624. The van der Waals surface area contributed by atoms with Crippen LogP contribution >= 0.6 is 0 Å². The van der Waals surface area contributed by atoms with Crippen LogP contribution in [0.3, 0.4) is 0 Å². The molecule has 7 heteroatoms. The smallest absolute Gasteiger partial charge is 0.261 e. The Balaban J connectivity index is 1.48. The zero-order valence-corrected chi connectivity index (χ0v) is 21.9. The fraction of sp³-hybridized carbons (Fsp3) is 0.600. The molecule has 5 aliphatic rings. The summed E-state index contributed by atoms with van der Waals surface area (Å²) in [5, 5.41) is 13.7. The summed E-state index contributed by atoms with van der Waals surface area (Å²) in [7, 11) is 1.59. The minimum absolute atomic E-state index is 0.0754. The number of allylic oxidation sites excluding steroid dienone is 5. The zero-order valence-electron chi connectivity index (χ0n) is 21.9. The van der Waals surface area contributed by atoms with Crippen LogP contribution in [-0.4, -0.2) is 53.0 Å². The minimum Gasteiger partial charge on any atom is -0.507 e. The van der Waals surface area contributed by atoms with E-state index in [2.05, 4.69) is 24.4 Å². The highest BCUT2D eigenvalue weighted by Gasteiger charge is 2.53. The molecule has 0 radical (unpaired) electrons. The molecule has 2 N–H and O–H groups in total. The summed E-state index contributed by atoms with van der Waals surface area (Å²) < 4.78 is 0. The van der Waals surface area contributed by atoms with Gasteiger partial charge in [0.15, 0.2) is 5.78 Å². The number of likely N-dealkylation sites (N-methyl/N-ethyl adjacent to an activating group) is 1. The molecule has 5 rings (SSSR count). The van der Waals surface area contributed by atoms with Crippen LogP contribution < -0.4 is 5.32 Å². The van der Waals surface area contributed by atoms with Gasteiger partial charge in [-0.05, 0) is 92.6 Å². The maximum atomic E-state index is 13.0. The molecule has 37 heavy (non-hydrogen) atoms. The molecule has 1 saturated heterocycles. The second kappa shape index (κ2) is 10.1. The number of carbonyl (C=O) groups excluding carboxylic acids is 4. The standard InChI is InChI=1S/C30H38N2O5/c1-16-14-22-21(27(16)17(2)33)11-10-20-19-6-4-8-26(35)31-13-5-7-24-29(36)28(30(37)32(24)3)25(34)12-9-18(19)15-23(20)22/h4,8-12,16,18-24,27,34H,5-7,13-15H2,1-3H3,(H,31,35)/b8-4-,12-9-,28-25-/t16-,18-,19+,20-,21-,22+,23+,24+,27+/m1/s1. The molecule has 0 aromatic rings. The Morgan fingerprint density at radius 3 is 2.51 bits per heavy atom. The summed E-state index contributed by atoms with van der Waals surface area (Å²) >= 11 is 0. The van der Waals surface area contributed by atoms with Crippen LogP contribution in [0.15, 0.2) is 47.8 Å². The van der Waals surface area contributed by atoms with E-state index in [0.29, 0.717) is 43.1 Å². The van der Waals surface area contributed by atoms with Crippen LogP contribution in [0.5, 0.6) is 0 Å². The van der Waals surface area contributed by atoms with E-state index < -0.39 is 11.9 Å². The number of hydrogen-bond donors (Lipinski definition) is 2. The largest absolute Gasteiger partial charge is 0.507 e. The molecule has 0 aromatic heterocycles. The third kappa shape index (κ3) is 4.51. The number of amides is 2. The molecule has 0 unspecified atom stereocenters. The Kier molecular flexibility index (Phi) is 6.99. The molecular weight excluding hydrogens is 468 g/mol. The van der Waals surface area contributed by atoms with Gasteiger partial charge in [-0.2, -0.15) is 0 Å². The van der Waals surface area contributed by atoms with Gasteiger partial charge in [-0.1, -0.05) is 31.2 Å². The zero-order chi connectivity index (χ0) is 26.4. The molecule has 3 aliphatic carbocycles. The van der Waals surface area contributed by atoms with Crippen molar-refractivity contribution in [2.75, 3.05) is 13.6 Å². The van der Waals surface area contributed by atoms with E-state index in [1.54, 1.807) is 26.1 Å². The van der Waals surface area contributed by atoms with Crippen LogP contribution in [-0.2, 0) is 19.2 Å². The maximum Gasteiger partial charge on any atom is 0.261 e. The molecule has 0 aromatic carbocycles. The highest BCUT2D eigenvalue weighted by Crippen LogP contribution is 2.58. The van der Waals surface area contributed by atoms with Gasteiger partial charge in [-0.25, -0.2) is 0 Å². The van der Waals surface area contributed by atoms with Crippen molar-refractivity contribution in [3.05, 3.63) is 47.8 Å². The van der Waals surface area contributed by atoms with Crippen molar-refractivity contribution >= 4 is 23.4 Å². The van der Waals surface area contributed by atoms with E-state index in [-0.39, 0.29) is 52.5 Å². The molecule has 2 aliphatic heterocycles. The van der Waals surface area contributed by atoms with E-state index in [1.807, 2.05) is 12.2 Å². The fourth-order valence-corrected chi connectivity index (χ4v) is 8.10. The summed E-state index contributed by atoms with van der Waals surface area (Å²) in [6.07, 6.45) is 15.3. The lowest BCUT2D eigenvalue weighted by Crippen LogP contribution is -2.33. The third-order valence-electron chi connectivity index (χ3n) is 9.76. The van der Waals surface area contributed by atoms with E-state index in [9.17, 15) is 24.3 Å². The van der Waals surface area contributed by atoms with Gasteiger partial charge in [-0.3, -0.25) is 19.2 Å². The fourth-order valence-electron chi connectivity index (χ4n) is 8.10. The van der Waals surface area contributed by atoms with Crippen molar-refractivity contribution in [2.45, 2.75) is 52.0 Å². The lowest BCUT2D eigenvalue weighted by atomic mass is 9.69. The molecule has 2 saturated carbocycles. The van der Waals surface area contributed by atoms with Crippen LogP contribution in [0.4, 0.5) is 0 Å². The lowest BCUT2D eigenvalue weighted by Gasteiger charge is -2.35. The van der Waals surface area contributed by atoms with Crippen LogP contribution in [0, 0.1) is 47.3 Å².